The van der Waals surface area contributed by atoms with Crippen molar-refractivity contribution in [3.63, 3.8) is 0 Å². The lowest BCUT2D eigenvalue weighted by Crippen LogP contribution is -2.48. The van der Waals surface area contributed by atoms with Crippen LogP contribution in [0.15, 0.2) is 36.8 Å². The van der Waals surface area contributed by atoms with Gasteiger partial charge in [0.1, 0.15) is 11.4 Å². The van der Waals surface area contributed by atoms with Crippen LogP contribution in [-0.4, -0.2) is 80.2 Å². The van der Waals surface area contributed by atoms with Crippen LogP contribution in [0.1, 0.15) is 80.3 Å². The Kier molecular flexibility index (Phi) is 13.7. The van der Waals surface area contributed by atoms with Crippen LogP contribution in [0, 0.1) is 5.92 Å². The lowest BCUT2D eigenvalue weighted by molar-refractivity contribution is -0.137. The van der Waals surface area contributed by atoms with Crippen molar-refractivity contribution in [3.8, 4) is 11.1 Å². The molecular formula is C32H51N7O3. The zero-order valence-corrected chi connectivity index (χ0v) is 27.1. The Labute approximate surface area is 251 Å². The number of nitrogens with zero attached hydrogens (tertiary/aromatic N) is 6. The normalized spacial score (nSPS) is 12.8. The van der Waals surface area contributed by atoms with Crippen molar-refractivity contribution in [1.82, 2.24) is 29.4 Å². The van der Waals surface area contributed by atoms with E-state index in [4.69, 9.17) is 9.72 Å². The van der Waals surface area contributed by atoms with Crippen molar-refractivity contribution >= 4 is 23.5 Å². The molecule has 0 spiro atoms. The summed E-state index contributed by atoms with van der Waals surface area (Å²) in [4.78, 5) is 35.9. The van der Waals surface area contributed by atoms with Crippen molar-refractivity contribution in [2.24, 2.45) is 5.92 Å². The van der Waals surface area contributed by atoms with Crippen molar-refractivity contribution in [2.75, 3.05) is 38.5 Å². The highest BCUT2D eigenvalue weighted by Crippen LogP contribution is 2.27. The predicted octanol–water partition coefficient (Wildman–Crippen LogP) is 6.31. The van der Waals surface area contributed by atoms with Crippen LogP contribution in [0.25, 0.3) is 16.8 Å². The fourth-order valence-electron chi connectivity index (χ4n) is 4.33. The number of fused-ring (bicyclic) bond motifs is 1. The van der Waals surface area contributed by atoms with Crippen LogP contribution in [0.5, 0.6) is 0 Å². The molecule has 1 fully saturated rings. The summed E-state index contributed by atoms with van der Waals surface area (Å²) in [5, 5.41) is 7.71. The Morgan fingerprint density at radius 2 is 1.83 bits per heavy atom. The van der Waals surface area contributed by atoms with Gasteiger partial charge in [-0.3, -0.25) is 9.78 Å². The standard InChI is InChI=1S/C22H30N6O2.C8H15NO.C2H6/c1-6-8-18-16(9-7-11-23-18)17-15-25-28-13-10-19(26-20(17)28)24-12-14-27(5)21(29)30-22(2,3)4;1-3-4-8(10)9-5-7(2)6-9;1-2/h7,9-11,13,15H,6,8,12,14H2,1-5H3,(H,24,26);7H,3-6H2,1-2H3;1-2H3. The van der Waals surface area contributed by atoms with E-state index in [1.54, 1.807) is 16.5 Å². The number of likely N-dealkylation sites (tertiary alicyclic amines) is 1. The molecule has 232 valence electrons. The second-order valence-electron chi connectivity index (χ2n) is 11.4. The highest BCUT2D eigenvalue weighted by atomic mass is 16.6. The largest absolute Gasteiger partial charge is 0.444 e. The van der Waals surface area contributed by atoms with E-state index in [0.29, 0.717) is 19.0 Å². The zero-order valence-electron chi connectivity index (χ0n) is 27.1. The minimum Gasteiger partial charge on any atom is -0.444 e. The smallest absolute Gasteiger partial charge is 0.410 e. The third kappa shape index (κ3) is 10.3. The van der Waals surface area contributed by atoms with Crippen molar-refractivity contribution < 1.29 is 14.3 Å². The molecule has 1 aliphatic rings. The summed E-state index contributed by atoms with van der Waals surface area (Å²) < 4.78 is 7.13. The average molecular weight is 582 g/mol. The van der Waals surface area contributed by atoms with E-state index in [2.05, 4.69) is 35.3 Å². The number of hydrogen-bond donors (Lipinski definition) is 1. The third-order valence-electron chi connectivity index (χ3n) is 6.38. The van der Waals surface area contributed by atoms with Gasteiger partial charge in [-0.05, 0) is 51.7 Å². The number of amides is 2. The molecule has 4 rings (SSSR count). The molecule has 1 N–H and O–H groups in total. The predicted molar refractivity (Wildman–Crippen MR) is 170 cm³/mol. The van der Waals surface area contributed by atoms with Crippen LogP contribution in [0.4, 0.5) is 10.6 Å². The van der Waals surface area contributed by atoms with Crippen LogP contribution < -0.4 is 5.32 Å². The maximum absolute atomic E-state index is 12.1. The molecule has 0 aromatic carbocycles. The Morgan fingerprint density at radius 3 is 2.45 bits per heavy atom. The van der Waals surface area contributed by atoms with Gasteiger partial charge in [0.25, 0.3) is 0 Å². The molecule has 10 nitrogen and oxygen atoms in total. The second-order valence-corrected chi connectivity index (χ2v) is 11.4. The molecule has 0 aliphatic carbocycles. The van der Waals surface area contributed by atoms with Crippen LogP contribution in [-0.2, 0) is 16.0 Å². The first-order valence-corrected chi connectivity index (χ1v) is 15.3. The molecule has 0 bridgehead atoms. The van der Waals surface area contributed by atoms with Gasteiger partial charge in [0.2, 0.25) is 5.91 Å². The average Bonchev–Trinajstić information content (AvgIpc) is 3.35. The number of ether oxygens (including phenoxy) is 1. The molecule has 1 saturated heterocycles. The van der Waals surface area contributed by atoms with Gasteiger partial charge in [-0.25, -0.2) is 14.3 Å². The Hall–Kier alpha value is -3.69. The monoisotopic (exact) mass is 581 g/mol. The zero-order chi connectivity index (χ0) is 31.3. The number of carbonyl (C=O) groups is 2. The van der Waals surface area contributed by atoms with Crippen LogP contribution >= 0.6 is 0 Å². The summed E-state index contributed by atoms with van der Waals surface area (Å²) in [6, 6.07) is 5.87. The minimum absolute atomic E-state index is 0.334. The Bertz CT molecular complexity index is 1260. The number of hydrogen-bond acceptors (Lipinski definition) is 7. The molecule has 0 unspecified atom stereocenters. The first-order valence-electron chi connectivity index (χ1n) is 15.3. The topological polar surface area (TPSA) is 105 Å². The minimum atomic E-state index is -0.507. The number of pyridine rings is 1. The summed E-state index contributed by atoms with van der Waals surface area (Å²) >= 11 is 0. The van der Waals surface area contributed by atoms with Gasteiger partial charge in [0.15, 0.2) is 5.65 Å². The van der Waals surface area contributed by atoms with E-state index in [-0.39, 0.29) is 6.09 Å². The first-order chi connectivity index (χ1) is 20.0. The van der Waals surface area contributed by atoms with Gasteiger partial charge in [0.05, 0.1) is 6.20 Å². The van der Waals surface area contributed by atoms with Gasteiger partial charge in [-0.1, -0.05) is 47.1 Å². The Balaban J connectivity index is 0.000000431. The first kappa shape index (κ1) is 34.5. The van der Waals surface area contributed by atoms with Gasteiger partial charge < -0.3 is 19.9 Å². The van der Waals surface area contributed by atoms with Gasteiger partial charge in [0, 0.05) is 68.9 Å². The molecule has 2 amide bonds. The summed E-state index contributed by atoms with van der Waals surface area (Å²) in [5.74, 6) is 1.80. The van der Waals surface area contributed by atoms with E-state index >= 15 is 0 Å². The number of aryl methyl sites for hydroxylation is 1. The molecular weight excluding hydrogens is 530 g/mol. The van der Waals surface area contributed by atoms with E-state index in [1.165, 1.54) is 0 Å². The van der Waals surface area contributed by atoms with E-state index in [9.17, 15) is 9.59 Å². The fourth-order valence-corrected chi connectivity index (χ4v) is 4.33. The van der Waals surface area contributed by atoms with Gasteiger partial charge >= 0.3 is 6.09 Å². The summed E-state index contributed by atoms with van der Waals surface area (Å²) in [7, 11) is 1.72. The van der Waals surface area contributed by atoms with Gasteiger partial charge in [-0.15, -0.1) is 0 Å². The summed E-state index contributed by atoms with van der Waals surface area (Å²) in [6.07, 6.45) is 8.82. The van der Waals surface area contributed by atoms with E-state index in [1.807, 2.05) is 77.2 Å². The highest BCUT2D eigenvalue weighted by molar-refractivity contribution is 5.79. The highest BCUT2D eigenvalue weighted by Gasteiger charge is 2.25. The van der Waals surface area contributed by atoms with Crippen molar-refractivity contribution in [3.05, 3.63) is 42.5 Å². The molecule has 4 heterocycles. The molecule has 3 aromatic heterocycles. The Morgan fingerprint density at radius 1 is 1.12 bits per heavy atom. The summed E-state index contributed by atoms with van der Waals surface area (Å²) in [6.45, 7) is 18.9. The number of likely N-dealkylation sites (N-methyl/N-ethyl adjacent to an activating group) is 1. The maximum atomic E-state index is 12.1. The third-order valence-corrected chi connectivity index (χ3v) is 6.38. The van der Waals surface area contributed by atoms with Crippen LogP contribution in [0.2, 0.25) is 0 Å². The molecule has 10 heteroatoms. The number of aromatic nitrogens is 4. The van der Waals surface area contributed by atoms with Crippen molar-refractivity contribution in [1.29, 1.82) is 0 Å². The van der Waals surface area contributed by atoms with E-state index < -0.39 is 5.60 Å². The molecule has 3 aromatic rings. The number of carbonyl (C=O) groups excluding carboxylic acids is 2. The molecule has 1 aliphatic heterocycles. The quantitative estimate of drug-likeness (QED) is 0.316. The van der Waals surface area contributed by atoms with Gasteiger partial charge in [-0.2, -0.15) is 5.10 Å². The fraction of sp³-hybridized carbons (Fsp3) is 0.594. The van der Waals surface area contributed by atoms with Crippen molar-refractivity contribution in [2.45, 2.75) is 86.7 Å². The lowest BCUT2D eigenvalue weighted by Gasteiger charge is -2.37. The SMILES string of the molecule is CC.CCCC(=O)N1CC(C)C1.CCCc1ncccc1-c1cnn2ccc(NCCN(C)C(=O)OC(C)(C)C)nc12. The molecule has 0 atom stereocenters. The molecule has 0 saturated carbocycles. The second kappa shape index (κ2) is 16.7. The van der Waals surface area contributed by atoms with E-state index in [0.717, 1.165) is 73.0 Å². The molecule has 42 heavy (non-hydrogen) atoms. The number of rotatable bonds is 9. The number of anilines is 1. The van der Waals surface area contributed by atoms with Crippen LogP contribution in [0.3, 0.4) is 0 Å². The number of nitrogens with one attached hydrogen (secondary N) is 1. The molecule has 0 radical (unpaired) electrons. The maximum Gasteiger partial charge on any atom is 0.410 e. The summed E-state index contributed by atoms with van der Waals surface area (Å²) in [5.41, 5.74) is 3.33. The lowest BCUT2D eigenvalue weighted by atomic mass is 10.0.